The Kier molecular flexibility index (Phi) is 3.95. The molecule has 1 fully saturated rings. The number of anilines is 2. The maximum atomic E-state index is 10.9. The van der Waals surface area contributed by atoms with Gasteiger partial charge in [-0.15, -0.1) is 0 Å². The van der Waals surface area contributed by atoms with Gasteiger partial charge >= 0.3 is 5.97 Å². The molecule has 1 aliphatic rings. The molecule has 4 N–H and O–H groups in total. The van der Waals surface area contributed by atoms with Crippen molar-refractivity contribution in [2.45, 2.75) is 19.8 Å². The van der Waals surface area contributed by atoms with Crippen LogP contribution in [-0.2, 0) is 4.74 Å². The van der Waals surface area contributed by atoms with Crippen molar-refractivity contribution < 1.29 is 14.6 Å². The van der Waals surface area contributed by atoms with Crippen molar-refractivity contribution in [3.63, 3.8) is 0 Å². The van der Waals surface area contributed by atoms with Crippen LogP contribution in [0.5, 0.6) is 0 Å². The highest BCUT2D eigenvalue weighted by molar-refractivity contribution is 5.90. The normalized spacial score (nSPS) is 17.9. The molecule has 1 aliphatic heterocycles. The minimum atomic E-state index is -0.944. The highest BCUT2D eigenvalue weighted by atomic mass is 16.5. The zero-order valence-corrected chi connectivity index (χ0v) is 11.1. The van der Waals surface area contributed by atoms with Crippen molar-refractivity contribution in [2.24, 2.45) is 5.41 Å². The van der Waals surface area contributed by atoms with E-state index in [1.165, 1.54) is 6.07 Å². The van der Waals surface area contributed by atoms with Gasteiger partial charge in [-0.25, -0.2) is 4.79 Å². The molecule has 0 saturated carbocycles. The Morgan fingerprint density at radius 3 is 2.79 bits per heavy atom. The second-order valence-electron chi connectivity index (χ2n) is 5.38. The summed E-state index contributed by atoms with van der Waals surface area (Å²) in [6.45, 7) is 4.54. The van der Waals surface area contributed by atoms with Crippen molar-refractivity contribution in [2.75, 3.05) is 30.8 Å². The molecule has 1 aromatic rings. The van der Waals surface area contributed by atoms with E-state index in [1.54, 1.807) is 12.1 Å². The van der Waals surface area contributed by atoms with Crippen LogP contribution in [0.4, 0.5) is 11.4 Å². The van der Waals surface area contributed by atoms with Gasteiger partial charge in [0.15, 0.2) is 0 Å². The number of carboxylic acids is 1. The average molecular weight is 264 g/mol. The molecule has 1 aromatic carbocycles. The number of aromatic carboxylic acids is 1. The minimum absolute atomic E-state index is 0.171. The Hall–Kier alpha value is -1.75. The second-order valence-corrected chi connectivity index (χ2v) is 5.38. The molecule has 0 radical (unpaired) electrons. The highest BCUT2D eigenvalue weighted by Crippen LogP contribution is 2.31. The zero-order chi connectivity index (χ0) is 13.9. The molecule has 5 nitrogen and oxygen atoms in total. The number of benzene rings is 1. The third kappa shape index (κ3) is 3.38. The van der Waals surface area contributed by atoms with E-state index in [0.29, 0.717) is 11.4 Å². The number of carbonyl (C=O) groups is 1. The first-order valence-corrected chi connectivity index (χ1v) is 6.45. The van der Waals surface area contributed by atoms with E-state index in [4.69, 9.17) is 15.6 Å². The molecule has 0 amide bonds. The molecular formula is C14H20N2O3. The Morgan fingerprint density at radius 2 is 2.16 bits per heavy atom. The summed E-state index contributed by atoms with van der Waals surface area (Å²) in [4.78, 5) is 10.9. The molecule has 5 heteroatoms. The molecular weight excluding hydrogens is 244 g/mol. The molecule has 0 unspecified atom stereocenters. The Balaban J connectivity index is 2.06. The molecule has 0 aliphatic carbocycles. The maximum absolute atomic E-state index is 10.9. The summed E-state index contributed by atoms with van der Waals surface area (Å²) in [5.74, 6) is -0.944. The summed E-state index contributed by atoms with van der Waals surface area (Å²) in [6, 6.07) is 4.72. The van der Waals surface area contributed by atoms with Crippen molar-refractivity contribution in [3.8, 4) is 0 Å². The van der Waals surface area contributed by atoms with Crippen LogP contribution in [0.2, 0.25) is 0 Å². The summed E-state index contributed by atoms with van der Waals surface area (Å²) in [7, 11) is 0. The van der Waals surface area contributed by atoms with Gasteiger partial charge in [0.2, 0.25) is 0 Å². The van der Waals surface area contributed by atoms with Gasteiger partial charge in [-0.05, 0) is 36.5 Å². The third-order valence-corrected chi connectivity index (χ3v) is 3.71. The molecule has 19 heavy (non-hydrogen) atoms. The van der Waals surface area contributed by atoms with Gasteiger partial charge in [0.25, 0.3) is 0 Å². The predicted molar refractivity (Wildman–Crippen MR) is 74.5 cm³/mol. The fourth-order valence-corrected chi connectivity index (χ4v) is 2.19. The quantitative estimate of drug-likeness (QED) is 0.726. The number of carboxylic acid groups (broad SMARTS) is 1. The summed E-state index contributed by atoms with van der Waals surface area (Å²) in [6.07, 6.45) is 2.00. The molecule has 1 saturated heterocycles. The number of hydrogen-bond acceptors (Lipinski definition) is 4. The van der Waals surface area contributed by atoms with E-state index in [1.807, 2.05) is 0 Å². The van der Waals surface area contributed by atoms with E-state index < -0.39 is 5.97 Å². The number of nitrogens with one attached hydrogen (secondary N) is 1. The Bertz CT molecular complexity index is 468. The van der Waals surface area contributed by atoms with Crippen LogP contribution in [0.15, 0.2) is 18.2 Å². The number of nitrogens with two attached hydrogens (primary N) is 1. The molecule has 1 heterocycles. The van der Waals surface area contributed by atoms with Gasteiger partial charge in [-0.2, -0.15) is 0 Å². The van der Waals surface area contributed by atoms with Gasteiger partial charge in [0.05, 0.1) is 16.9 Å². The van der Waals surface area contributed by atoms with E-state index in [0.717, 1.165) is 32.6 Å². The molecule has 0 atom stereocenters. The van der Waals surface area contributed by atoms with Gasteiger partial charge < -0.3 is 20.9 Å². The SMILES string of the molecule is CC1(CNc2cc(C(=O)O)ccc2N)CCOCC1. The largest absolute Gasteiger partial charge is 0.478 e. The summed E-state index contributed by atoms with van der Waals surface area (Å²) < 4.78 is 5.36. The van der Waals surface area contributed by atoms with Crippen LogP contribution >= 0.6 is 0 Å². The lowest BCUT2D eigenvalue weighted by atomic mass is 9.82. The Morgan fingerprint density at radius 1 is 1.47 bits per heavy atom. The van der Waals surface area contributed by atoms with Crippen LogP contribution < -0.4 is 11.1 Å². The van der Waals surface area contributed by atoms with Crippen LogP contribution in [0.3, 0.4) is 0 Å². The fourth-order valence-electron chi connectivity index (χ4n) is 2.19. The maximum Gasteiger partial charge on any atom is 0.335 e. The molecule has 0 bridgehead atoms. The minimum Gasteiger partial charge on any atom is -0.478 e. The second kappa shape index (κ2) is 5.48. The van der Waals surface area contributed by atoms with E-state index >= 15 is 0 Å². The lowest BCUT2D eigenvalue weighted by Gasteiger charge is -2.34. The third-order valence-electron chi connectivity index (χ3n) is 3.71. The Labute approximate surface area is 112 Å². The predicted octanol–water partition coefficient (Wildman–Crippen LogP) is 2.20. The number of hydrogen-bond donors (Lipinski definition) is 3. The monoisotopic (exact) mass is 264 g/mol. The number of ether oxygens (including phenoxy) is 1. The number of rotatable bonds is 4. The van der Waals surface area contributed by atoms with Crippen molar-refractivity contribution in [3.05, 3.63) is 23.8 Å². The van der Waals surface area contributed by atoms with E-state index in [2.05, 4.69) is 12.2 Å². The molecule has 0 aromatic heterocycles. The van der Waals surface area contributed by atoms with Gasteiger partial charge in [0, 0.05) is 19.8 Å². The number of nitrogen functional groups attached to an aromatic ring is 1. The van der Waals surface area contributed by atoms with Crippen molar-refractivity contribution in [1.29, 1.82) is 0 Å². The first-order chi connectivity index (χ1) is 9.00. The zero-order valence-electron chi connectivity index (χ0n) is 11.1. The molecule has 0 spiro atoms. The van der Waals surface area contributed by atoms with E-state index in [9.17, 15) is 4.79 Å². The summed E-state index contributed by atoms with van der Waals surface area (Å²) in [5.41, 5.74) is 7.54. The fraction of sp³-hybridized carbons (Fsp3) is 0.500. The summed E-state index contributed by atoms with van der Waals surface area (Å²) >= 11 is 0. The lowest BCUT2D eigenvalue weighted by molar-refractivity contribution is 0.0300. The van der Waals surface area contributed by atoms with Gasteiger partial charge in [-0.1, -0.05) is 6.92 Å². The van der Waals surface area contributed by atoms with Crippen LogP contribution in [0, 0.1) is 5.41 Å². The highest BCUT2D eigenvalue weighted by Gasteiger charge is 2.27. The summed E-state index contributed by atoms with van der Waals surface area (Å²) in [5, 5.41) is 12.3. The lowest BCUT2D eigenvalue weighted by Crippen LogP contribution is -2.33. The van der Waals surface area contributed by atoms with Crippen molar-refractivity contribution >= 4 is 17.3 Å². The topological polar surface area (TPSA) is 84.6 Å². The standard InChI is InChI=1S/C14H20N2O3/c1-14(4-6-19-7-5-14)9-16-12-8-10(13(17)18)2-3-11(12)15/h2-3,8,16H,4-7,9,15H2,1H3,(H,17,18). The van der Waals surface area contributed by atoms with Crippen LogP contribution in [0.1, 0.15) is 30.1 Å². The first-order valence-electron chi connectivity index (χ1n) is 6.45. The van der Waals surface area contributed by atoms with Gasteiger partial charge in [-0.3, -0.25) is 0 Å². The smallest absolute Gasteiger partial charge is 0.335 e. The van der Waals surface area contributed by atoms with Gasteiger partial charge in [0.1, 0.15) is 0 Å². The molecule has 104 valence electrons. The van der Waals surface area contributed by atoms with E-state index in [-0.39, 0.29) is 11.0 Å². The first kappa shape index (κ1) is 13.7. The average Bonchev–Trinajstić information content (AvgIpc) is 2.38. The van der Waals surface area contributed by atoms with Crippen molar-refractivity contribution in [1.82, 2.24) is 0 Å². The van der Waals surface area contributed by atoms with Crippen LogP contribution in [0.25, 0.3) is 0 Å². The van der Waals surface area contributed by atoms with Crippen LogP contribution in [-0.4, -0.2) is 30.8 Å². The molecule has 2 rings (SSSR count).